The van der Waals surface area contributed by atoms with Gasteiger partial charge in [-0.2, -0.15) is 0 Å². The highest BCUT2D eigenvalue weighted by molar-refractivity contribution is 14.1. The first-order chi connectivity index (χ1) is 9.61. The maximum Gasteiger partial charge on any atom is 0.352 e. The van der Waals surface area contributed by atoms with E-state index >= 15 is 0 Å². The molecule has 0 saturated heterocycles. The van der Waals surface area contributed by atoms with E-state index in [4.69, 9.17) is 9.47 Å². The molecule has 0 aliphatic heterocycles. The molecule has 6 heteroatoms. The molecule has 0 spiro atoms. The van der Waals surface area contributed by atoms with Crippen molar-refractivity contribution in [1.82, 2.24) is 0 Å². The van der Waals surface area contributed by atoms with Gasteiger partial charge in [0, 0.05) is 3.57 Å². The molecule has 0 unspecified atom stereocenters. The van der Waals surface area contributed by atoms with E-state index in [0.717, 1.165) is 3.57 Å². The molecule has 0 saturated carbocycles. The molecule has 104 valence electrons. The van der Waals surface area contributed by atoms with Gasteiger partial charge in [0.2, 0.25) is 11.5 Å². The molecule has 2 rings (SSSR count). The summed E-state index contributed by atoms with van der Waals surface area (Å²) in [5.74, 6) is 0.928. The predicted molar refractivity (Wildman–Crippen MR) is 83.5 cm³/mol. The molecule has 5 nitrogen and oxygen atoms in total. The van der Waals surface area contributed by atoms with Gasteiger partial charge >= 0.3 is 5.69 Å². The first kappa shape index (κ1) is 14.6. The molecule has 0 N–H and O–H groups in total. The van der Waals surface area contributed by atoms with Gasteiger partial charge in [0.1, 0.15) is 5.75 Å². The first-order valence-electron chi connectivity index (χ1n) is 5.95. The van der Waals surface area contributed by atoms with Crippen molar-refractivity contribution in [3.8, 4) is 17.2 Å². The summed E-state index contributed by atoms with van der Waals surface area (Å²) in [6.45, 7) is 2.13. The second kappa shape index (κ2) is 6.56. The van der Waals surface area contributed by atoms with Crippen molar-refractivity contribution in [2.45, 2.75) is 6.92 Å². The second-order valence-corrected chi connectivity index (χ2v) is 5.10. The Morgan fingerprint density at radius 3 is 2.55 bits per heavy atom. The first-order valence-corrected chi connectivity index (χ1v) is 7.03. The van der Waals surface area contributed by atoms with E-state index in [2.05, 4.69) is 22.6 Å². The number of para-hydroxylation sites is 1. The molecule has 0 radical (unpaired) electrons. The van der Waals surface area contributed by atoms with Gasteiger partial charge in [-0.1, -0.05) is 12.1 Å². The maximum atomic E-state index is 11.2. The number of rotatable bonds is 5. The molecule has 0 atom stereocenters. The smallest absolute Gasteiger partial charge is 0.352 e. The number of benzene rings is 2. The van der Waals surface area contributed by atoms with Crippen LogP contribution < -0.4 is 9.47 Å². The summed E-state index contributed by atoms with van der Waals surface area (Å²) >= 11 is 2.15. The molecule has 0 amide bonds. The van der Waals surface area contributed by atoms with Crippen LogP contribution in [0.25, 0.3) is 0 Å². The number of halogens is 1. The molecule has 2 aromatic rings. The highest BCUT2D eigenvalue weighted by Crippen LogP contribution is 2.39. The number of nitro groups is 1. The summed E-state index contributed by atoms with van der Waals surface area (Å²) < 4.78 is 11.9. The highest BCUT2D eigenvalue weighted by Gasteiger charge is 2.22. The maximum absolute atomic E-state index is 11.2. The lowest BCUT2D eigenvalue weighted by Crippen LogP contribution is -1.99. The summed E-state index contributed by atoms with van der Waals surface area (Å²) in [5, 5.41) is 11.2. The summed E-state index contributed by atoms with van der Waals surface area (Å²) in [7, 11) is 0. The third-order valence-corrected chi connectivity index (χ3v) is 3.14. The lowest BCUT2D eigenvalue weighted by molar-refractivity contribution is -0.386. The fourth-order valence-electron chi connectivity index (χ4n) is 1.69. The Morgan fingerprint density at radius 1 is 1.20 bits per heavy atom. The van der Waals surface area contributed by atoms with Crippen molar-refractivity contribution < 1.29 is 14.4 Å². The number of nitro benzene ring substituents is 1. The fraction of sp³-hybridized carbons (Fsp3) is 0.143. The molecular formula is C14H12INO4. The molecule has 0 aliphatic rings. The fourth-order valence-corrected chi connectivity index (χ4v) is 2.21. The van der Waals surface area contributed by atoms with Crippen LogP contribution in [0.5, 0.6) is 17.2 Å². The van der Waals surface area contributed by atoms with Gasteiger partial charge in [-0.3, -0.25) is 10.1 Å². The van der Waals surface area contributed by atoms with Crippen molar-refractivity contribution in [2.24, 2.45) is 0 Å². The van der Waals surface area contributed by atoms with Gasteiger partial charge in [0.15, 0.2) is 0 Å². The van der Waals surface area contributed by atoms with Crippen LogP contribution in [0.4, 0.5) is 5.69 Å². The van der Waals surface area contributed by atoms with Crippen LogP contribution in [0, 0.1) is 13.7 Å². The predicted octanol–water partition coefficient (Wildman–Crippen LogP) is 4.39. The number of ether oxygens (including phenoxy) is 2. The van der Waals surface area contributed by atoms with Crippen molar-refractivity contribution in [1.29, 1.82) is 0 Å². The van der Waals surface area contributed by atoms with Crippen LogP contribution in [0.2, 0.25) is 0 Å². The van der Waals surface area contributed by atoms with Gasteiger partial charge in [-0.15, -0.1) is 0 Å². The van der Waals surface area contributed by atoms with Gasteiger partial charge in [0.25, 0.3) is 0 Å². The van der Waals surface area contributed by atoms with Gasteiger partial charge in [0.05, 0.1) is 11.5 Å². The molecule has 0 aromatic heterocycles. The Hall–Kier alpha value is -1.83. The summed E-state index contributed by atoms with van der Waals surface area (Å²) in [6, 6.07) is 12.1. The average Bonchev–Trinajstić information content (AvgIpc) is 2.39. The lowest BCUT2D eigenvalue weighted by Gasteiger charge is -2.09. The zero-order valence-corrected chi connectivity index (χ0v) is 12.9. The Kier molecular flexibility index (Phi) is 4.78. The van der Waals surface area contributed by atoms with E-state index in [9.17, 15) is 10.1 Å². The van der Waals surface area contributed by atoms with Crippen molar-refractivity contribution >= 4 is 28.3 Å². The highest BCUT2D eigenvalue weighted by atomic mass is 127. The third-order valence-electron chi connectivity index (χ3n) is 2.47. The van der Waals surface area contributed by atoms with Crippen molar-refractivity contribution in [2.75, 3.05) is 6.61 Å². The van der Waals surface area contributed by atoms with Gasteiger partial charge < -0.3 is 9.47 Å². The molecule has 20 heavy (non-hydrogen) atoms. The zero-order chi connectivity index (χ0) is 14.5. The Balaban J connectivity index is 2.40. The molecule has 0 bridgehead atoms. The topological polar surface area (TPSA) is 61.6 Å². The van der Waals surface area contributed by atoms with Crippen LogP contribution in [-0.2, 0) is 0 Å². The molecular weight excluding hydrogens is 373 g/mol. The van der Waals surface area contributed by atoms with E-state index in [1.165, 1.54) is 0 Å². The summed E-state index contributed by atoms with van der Waals surface area (Å²) in [6.07, 6.45) is 0. The monoisotopic (exact) mass is 385 g/mol. The quantitative estimate of drug-likeness (QED) is 0.435. The van der Waals surface area contributed by atoms with Crippen LogP contribution in [0.1, 0.15) is 6.92 Å². The minimum atomic E-state index is -0.492. The average molecular weight is 385 g/mol. The Morgan fingerprint density at radius 2 is 1.90 bits per heavy atom. The summed E-state index contributed by atoms with van der Waals surface area (Å²) in [4.78, 5) is 10.7. The Bertz CT molecular complexity index is 630. The van der Waals surface area contributed by atoms with E-state index < -0.39 is 4.92 Å². The number of hydrogen-bond donors (Lipinski definition) is 0. The molecule has 2 aromatic carbocycles. The van der Waals surface area contributed by atoms with E-state index in [-0.39, 0.29) is 17.2 Å². The minimum Gasteiger partial charge on any atom is -0.487 e. The lowest BCUT2D eigenvalue weighted by atomic mass is 10.2. The van der Waals surface area contributed by atoms with E-state index in [0.29, 0.717) is 12.4 Å². The minimum absolute atomic E-state index is 0.159. The van der Waals surface area contributed by atoms with Crippen LogP contribution in [0.3, 0.4) is 0 Å². The normalized spacial score (nSPS) is 10.1. The zero-order valence-electron chi connectivity index (χ0n) is 10.7. The molecule has 0 aliphatic carbocycles. The van der Waals surface area contributed by atoms with Crippen LogP contribution in [-0.4, -0.2) is 11.5 Å². The molecule has 0 heterocycles. The van der Waals surface area contributed by atoms with E-state index in [1.807, 2.05) is 12.1 Å². The van der Waals surface area contributed by atoms with Crippen LogP contribution in [0.15, 0.2) is 42.5 Å². The van der Waals surface area contributed by atoms with Crippen molar-refractivity contribution in [3.05, 3.63) is 56.1 Å². The van der Waals surface area contributed by atoms with Crippen molar-refractivity contribution in [3.63, 3.8) is 0 Å². The standard InChI is InChI=1S/C14H12INO4/c1-2-19-12-7-4-8-13(14(12)16(17)18)20-11-6-3-5-10(15)9-11/h3-9H,2H2,1H3. The molecule has 0 fully saturated rings. The largest absolute Gasteiger partial charge is 0.487 e. The SMILES string of the molecule is CCOc1cccc(Oc2cccc(I)c2)c1[N+](=O)[O-]. The van der Waals surface area contributed by atoms with Crippen LogP contribution >= 0.6 is 22.6 Å². The summed E-state index contributed by atoms with van der Waals surface area (Å²) in [5.41, 5.74) is -0.159. The Labute approximate surface area is 129 Å². The van der Waals surface area contributed by atoms with E-state index in [1.54, 1.807) is 37.3 Å². The third kappa shape index (κ3) is 3.38. The van der Waals surface area contributed by atoms with Gasteiger partial charge in [-0.05, 0) is 59.8 Å². The van der Waals surface area contributed by atoms with Gasteiger partial charge in [-0.25, -0.2) is 0 Å². The number of hydrogen-bond acceptors (Lipinski definition) is 4. The number of nitrogens with zero attached hydrogens (tertiary/aromatic N) is 1. The second-order valence-electron chi connectivity index (χ2n) is 3.85.